The summed E-state index contributed by atoms with van der Waals surface area (Å²) in [6.07, 6.45) is 0. The lowest BCUT2D eigenvalue weighted by atomic mass is 10.0. The van der Waals surface area contributed by atoms with E-state index in [1.807, 2.05) is 30.3 Å². The Kier molecular flexibility index (Phi) is 3.01. The molecule has 0 aliphatic heterocycles. The van der Waals surface area contributed by atoms with Crippen molar-refractivity contribution >= 4 is 29.2 Å². The van der Waals surface area contributed by atoms with Crippen LogP contribution in [0.4, 0.5) is 0 Å². The Bertz CT molecular complexity index is 740. The molecule has 0 unspecified atom stereocenters. The summed E-state index contributed by atoms with van der Waals surface area (Å²) in [5.74, 6) is 1.09. The zero-order valence-electron chi connectivity index (χ0n) is 10.5. The first-order valence-electron chi connectivity index (χ1n) is 5.95. The number of benzene rings is 3. The molecule has 1 N–H and O–H groups in total. The Labute approximate surface area is 111 Å². The molecule has 0 amide bonds. The average Bonchev–Trinajstić information content (AvgIpc) is 2.46. The van der Waals surface area contributed by atoms with Gasteiger partial charge in [0.2, 0.25) is 0 Å². The van der Waals surface area contributed by atoms with Crippen LogP contribution in [0.15, 0.2) is 48.5 Å². The summed E-state index contributed by atoms with van der Waals surface area (Å²) in [4.78, 5) is 0. The van der Waals surface area contributed by atoms with Gasteiger partial charge in [-0.1, -0.05) is 36.4 Å². The smallest absolute Gasteiger partial charge is 0.535 e. The number of rotatable bonds is 3. The molecular weight excluding hydrogens is 239 g/mol. The minimum atomic E-state index is 0.493. The molecule has 0 heterocycles. The van der Waals surface area contributed by atoms with Crippen molar-refractivity contribution in [2.45, 2.75) is 0 Å². The van der Waals surface area contributed by atoms with Crippen molar-refractivity contribution in [1.82, 2.24) is 0 Å². The van der Waals surface area contributed by atoms with Crippen LogP contribution in [0.3, 0.4) is 0 Å². The summed E-state index contributed by atoms with van der Waals surface area (Å²) in [7, 11) is 2.24. The van der Waals surface area contributed by atoms with Gasteiger partial charge < -0.3 is 14.4 Å². The molecule has 19 heavy (non-hydrogen) atoms. The van der Waals surface area contributed by atoms with Gasteiger partial charge in [-0.25, -0.2) is 0 Å². The maximum Gasteiger partial charge on any atom is 0.569 e. The molecule has 1 radical (unpaired) electrons. The van der Waals surface area contributed by atoms with Crippen LogP contribution in [0.5, 0.6) is 11.5 Å². The summed E-state index contributed by atoms with van der Waals surface area (Å²) in [5.41, 5.74) is 0. The molecule has 0 aromatic heterocycles. The third kappa shape index (κ3) is 2.00. The van der Waals surface area contributed by atoms with Gasteiger partial charge in [-0.2, -0.15) is 0 Å². The molecule has 0 aliphatic carbocycles. The fourth-order valence-corrected chi connectivity index (χ4v) is 2.32. The van der Waals surface area contributed by atoms with Gasteiger partial charge in [-0.15, -0.1) is 0 Å². The molecule has 0 saturated carbocycles. The molecule has 0 fully saturated rings. The molecule has 3 rings (SSSR count). The van der Waals surface area contributed by atoms with E-state index in [2.05, 4.69) is 18.2 Å². The first kappa shape index (κ1) is 11.9. The third-order valence-corrected chi connectivity index (χ3v) is 3.21. The highest BCUT2D eigenvalue weighted by Gasteiger charge is 2.09. The lowest BCUT2D eigenvalue weighted by Gasteiger charge is -2.11. The fraction of sp³-hybridized carbons (Fsp3) is 0.0667. The third-order valence-electron chi connectivity index (χ3n) is 3.21. The summed E-state index contributed by atoms with van der Waals surface area (Å²) in [6.45, 7) is 0. The van der Waals surface area contributed by atoms with Crippen LogP contribution >= 0.6 is 0 Å². The van der Waals surface area contributed by atoms with Gasteiger partial charge in [0, 0.05) is 0 Å². The lowest BCUT2D eigenvalue weighted by Crippen LogP contribution is -2.01. The molecular formula is C15H12BO3. The van der Waals surface area contributed by atoms with E-state index in [0.717, 1.165) is 16.2 Å². The number of fused-ring (bicyclic) bond motifs is 3. The molecule has 3 aromatic carbocycles. The van der Waals surface area contributed by atoms with Crippen LogP contribution < -0.4 is 9.39 Å². The second kappa shape index (κ2) is 4.82. The second-order valence-electron chi connectivity index (χ2n) is 4.23. The quantitative estimate of drug-likeness (QED) is 0.574. The van der Waals surface area contributed by atoms with E-state index < -0.39 is 0 Å². The number of methoxy groups -OCH3 is 1. The van der Waals surface area contributed by atoms with E-state index in [1.54, 1.807) is 7.11 Å². The molecule has 0 aliphatic rings. The molecule has 4 heteroatoms. The predicted molar refractivity (Wildman–Crippen MR) is 76.6 cm³/mol. The SMILES string of the molecule is COc1cc2c(ccc3ccccc32)cc1O[B]O. The first-order chi connectivity index (χ1) is 9.33. The highest BCUT2D eigenvalue weighted by atomic mass is 16.5. The molecule has 3 nitrogen and oxygen atoms in total. The van der Waals surface area contributed by atoms with Crippen LogP contribution in [0.1, 0.15) is 0 Å². The van der Waals surface area contributed by atoms with Gasteiger partial charge in [-0.05, 0) is 33.7 Å². The molecule has 3 aromatic rings. The molecule has 0 atom stereocenters. The Morgan fingerprint density at radius 3 is 2.47 bits per heavy atom. The monoisotopic (exact) mass is 251 g/mol. The van der Waals surface area contributed by atoms with Crippen LogP contribution in [0, 0.1) is 0 Å². The molecule has 0 bridgehead atoms. The van der Waals surface area contributed by atoms with Gasteiger partial charge in [0.05, 0.1) is 7.11 Å². The second-order valence-corrected chi connectivity index (χ2v) is 4.23. The van der Waals surface area contributed by atoms with E-state index in [-0.39, 0.29) is 0 Å². The van der Waals surface area contributed by atoms with Crippen molar-refractivity contribution in [2.24, 2.45) is 0 Å². The molecule has 0 spiro atoms. The highest BCUT2D eigenvalue weighted by Crippen LogP contribution is 2.35. The maximum absolute atomic E-state index is 8.78. The van der Waals surface area contributed by atoms with Gasteiger partial charge >= 0.3 is 7.69 Å². The lowest BCUT2D eigenvalue weighted by molar-refractivity contribution is 0.382. The summed E-state index contributed by atoms with van der Waals surface area (Å²) < 4.78 is 10.4. The largest absolute Gasteiger partial charge is 0.569 e. The van der Waals surface area contributed by atoms with E-state index in [9.17, 15) is 0 Å². The molecule has 0 saturated heterocycles. The fourth-order valence-electron chi connectivity index (χ4n) is 2.32. The van der Waals surface area contributed by atoms with Crippen LogP contribution in [0.25, 0.3) is 21.5 Å². The maximum atomic E-state index is 8.78. The van der Waals surface area contributed by atoms with E-state index in [0.29, 0.717) is 19.2 Å². The molecule has 93 valence electrons. The van der Waals surface area contributed by atoms with Gasteiger partial charge in [-0.3, -0.25) is 0 Å². The minimum absolute atomic E-state index is 0.493. The van der Waals surface area contributed by atoms with Crippen molar-refractivity contribution in [2.75, 3.05) is 7.11 Å². The van der Waals surface area contributed by atoms with E-state index in [1.165, 1.54) is 5.39 Å². The standard InChI is InChI=1S/C15H12BO3/c1-18-14-9-13-11(8-15(14)19-16-17)7-6-10-4-2-3-5-12(10)13/h2-9,17H,1H3. The summed E-state index contributed by atoms with van der Waals surface area (Å²) >= 11 is 0. The van der Waals surface area contributed by atoms with Gasteiger partial charge in [0.25, 0.3) is 0 Å². The van der Waals surface area contributed by atoms with E-state index in [4.69, 9.17) is 14.4 Å². The topological polar surface area (TPSA) is 38.7 Å². The van der Waals surface area contributed by atoms with Crippen molar-refractivity contribution < 1.29 is 14.4 Å². The zero-order valence-corrected chi connectivity index (χ0v) is 10.5. The Hall–Kier alpha value is -2.20. The predicted octanol–water partition coefficient (Wildman–Crippen LogP) is 2.91. The average molecular weight is 251 g/mol. The first-order valence-corrected chi connectivity index (χ1v) is 5.95. The van der Waals surface area contributed by atoms with Crippen LogP contribution in [0.2, 0.25) is 0 Å². The van der Waals surface area contributed by atoms with Crippen molar-refractivity contribution in [1.29, 1.82) is 0 Å². The van der Waals surface area contributed by atoms with Crippen LogP contribution in [-0.4, -0.2) is 19.8 Å². The summed E-state index contributed by atoms with van der Waals surface area (Å²) in [5, 5.41) is 13.3. The van der Waals surface area contributed by atoms with Gasteiger partial charge in [0.1, 0.15) is 5.75 Å². The van der Waals surface area contributed by atoms with Gasteiger partial charge in [0.15, 0.2) is 5.75 Å². The zero-order chi connectivity index (χ0) is 13.2. The summed E-state index contributed by atoms with van der Waals surface area (Å²) in [6, 6.07) is 16.1. The van der Waals surface area contributed by atoms with E-state index >= 15 is 0 Å². The Morgan fingerprint density at radius 2 is 1.68 bits per heavy atom. The van der Waals surface area contributed by atoms with Crippen LogP contribution in [-0.2, 0) is 0 Å². The van der Waals surface area contributed by atoms with Crippen molar-refractivity contribution in [3.63, 3.8) is 0 Å². The van der Waals surface area contributed by atoms with Crippen molar-refractivity contribution in [3.05, 3.63) is 48.5 Å². The number of ether oxygens (including phenoxy) is 1. The van der Waals surface area contributed by atoms with Crippen molar-refractivity contribution in [3.8, 4) is 11.5 Å². The Balaban J connectivity index is 2.34. The number of hydrogen-bond acceptors (Lipinski definition) is 3. The normalized spacial score (nSPS) is 10.6. The minimum Gasteiger partial charge on any atom is -0.535 e. The highest BCUT2D eigenvalue weighted by molar-refractivity contribution is 6.17. The Morgan fingerprint density at radius 1 is 0.895 bits per heavy atom. The number of hydrogen-bond donors (Lipinski definition) is 1.